The van der Waals surface area contributed by atoms with Gasteiger partial charge in [0.1, 0.15) is 5.75 Å². The van der Waals surface area contributed by atoms with Crippen LogP contribution in [0.3, 0.4) is 0 Å². The third-order valence-corrected chi connectivity index (χ3v) is 7.00. The fourth-order valence-corrected chi connectivity index (χ4v) is 4.96. The van der Waals surface area contributed by atoms with Gasteiger partial charge in [-0.05, 0) is 79.6 Å². The number of rotatable bonds is 5. The van der Waals surface area contributed by atoms with E-state index < -0.39 is 0 Å². The van der Waals surface area contributed by atoms with E-state index in [1.54, 1.807) is 0 Å². The Morgan fingerprint density at radius 1 is 1.06 bits per heavy atom. The third-order valence-electron chi connectivity index (χ3n) is 7.00. The summed E-state index contributed by atoms with van der Waals surface area (Å²) in [6, 6.07) is 16.4. The summed E-state index contributed by atoms with van der Waals surface area (Å²) in [5.74, 6) is 1.29. The van der Waals surface area contributed by atoms with Gasteiger partial charge in [0, 0.05) is 19.6 Å². The van der Waals surface area contributed by atoms with Crippen LogP contribution < -0.4 is 4.74 Å². The van der Waals surface area contributed by atoms with Crippen LogP contribution in [0, 0.1) is 19.8 Å². The SMILES string of the molecule is CCOc1ccc2ccccc2c1C(=O)N1CCC(Cn2cnc3cc(C)c(C)cc32)CC1. The van der Waals surface area contributed by atoms with Crippen molar-refractivity contribution in [2.45, 2.75) is 40.2 Å². The molecule has 2 heterocycles. The van der Waals surface area contributed by atoms with Gasteiger partial charge in [0.05, 0.1) is 29.5 Å². The highest BCUT2D eigenvalue weighted by atomic mass is 16.5. The summed E-state index contributed by atoms with van der Waals surface area (Å²) < 4.78 is 8.13. The van der Waals surface area contributed by atoms with E-state index in [1.807, 2.05) is 54.5 Å². The summed E-state index contributed by atoms with van der Waals surface area (Å²) in [7, 11) is 0. The number of aryl methyl sites for hydroxylation is 2. The molecule has 1 aromatic heterocycles. The fraction of sp³-hybridized carbons (Fsp3) is 0.357. The zero-order valence-corrected chi connectivity index (χ0v) is 19.7. The van der Waals surface area contributed by atoms with Crippen molar-refractivity contribution in [1.29, 1.82) is 0 Å². The number of benzene rings is 3. The van der Waals surface area contributed by atoms with Crippen molar-refractivity contribution in [2.75, 3.05) is 19.7 Å². The number of amides is 1. The minimum atomic E-state index is 0.0767. The topological polar surface area (TPSA) is 47.4 Å². The average molecular weight is 442 g/mol. The Labute approximate surface area is 195 Å². The summed E-state index contributed by atoms with van der Waals surface area (Å²) in [5.41, 5.74) is 5.53. The molecular weight excluding hydrogens is 410 g/mol. The number of fused-ring (bicyclic) bond motifs is 2. The summed E-state index contributed by atoms with van der Waals surface area (Å²) in [6.45, 7) is 9.26. The van der Waals surface area contributed by atoms with E-state index in [0.717, 1.165) is 48.8 Å². The van der Waals surface area contributed by atoms with Crippen molar-refractivity contribution < 1.29 is 9.53 Å². The quantitative estimate of drug-likeness (QED) is 0.396. The maximum absolute atomic E-state index is 13.6. The highest BCUT2D eigenvalue weighted by molar-refractivity contribution is 6.09. The molecule has 1 amide bonds. The lowest BCUT2D eigenvalue weighted by molar-refractivity contribution is 0.0681. The van der Waals surface area contributed by atoms with E-state index in [2.05, 4.69) is 35.5 Å². The number of nitrogens with zero attached hydrogens (tertiary/aromatic N) is 3. The van der Waals surface area contributed by atoms with Gasteiger partial charge in [0.15, 0.2) is 0 Å². The van der Waals surface area contributed by atoms with Gasteiger partial charge in [0.25, 0.3) is 5.91 Å². The Bertz CT molecular complexity index is 1320. The highest BCUT2D eigenvalue weighted by Gasteiger charge is 2.27. The molecular formula is C28H31N3O2. The van der Waals surface area contributed by atoms with E-state index in [9.17, 15) is 4.79 Å². The maximum atomic E-state index is 13.6. The van der Waals surface area contributed by atoms with Crippen molar-refractivity contribution in [1.82, 2.24) is 14.5 Å². The number of carbonyl (C=O) groups excluding carboxylic acids is 1. The van der Waals surface area contributed by atoms with Gasteiger partial charge in [-0.2, -0.15) is 0 Å². The molecule has 1 saturated heterocycles. The standard InChI is InChI=1S/C28H31N3O2/c1-4-33-26-10-9-22-7-5-6-8-23(22)27(26)28(32)30-13-11-21(12-14-30)17-31-18-29-24-15-19(2)20(3)16-25(24)31/h5-10,15-16,18,21H,4,11-14,17H2,1-3H3. The number of hydrogen-bond donors (Lipinski definition) is 0. The number of ether oxygens (including phenoxy) is 1. The van der Waals surface area contributed by atoms with Gasteiger partial charge < -0.3 is 14.2 Å². The van der Waals surface area contributed by atoms with Gasteiger partial charge in [-0.15, -0.1) is 0 Å². The largest absolute Gasteiger partial charge is 0.493 e. The first-order chi connectivity index (χ1) is 16.0. The van der Waals surface area contributed by atoms with Crippen LogP contribution in [0.25, 0.3) is 21.8 Å². The molecule has 170 valence electrons. The monoisotopic (exact) mass is 441 g/mol. The van der Waals surface area contributed by atoms with Crippen LogP contribution in [0.1, 0.15) is 41.3 Å². The first-order valence-electron chi connectivity index (χ1n) is 11.9. The van der Waals surface area contributed by atoms with Crippen LogP contribution in [-0.4, -0.2) is 40.1 Å². The molecule has 0 N–H and O–H groups in total. The Morgan fingerprint density at radius 3 is 2.61 bits per heavy atom. The summed E-state index contributed by atoms with van der Waals surface area (Å²) in [5, 5.41) is 2.03. The third kappa shape index (κ3) is 4.08. The van der Waals surface area contributed by atoms with Gasteiger partial charge in [-0.25, -0.2) is 4.98 Å². The van der Waals surface area contributed by atoms with Gasteiger partial charge in [-0.3, -0.25) is 4.79 Å². The fourth-order valence-electron chi connectivity index (χ4n) is 4.96. The predicted octanol–water partition coefficient (Wildman–Crippen LogP) is 5.76. The molecule has 0 unspecified atom stereocenters. The molecule has 5 rings (SSSR count). The van der Waals surface area contributed by atoms with Crippen molar-refractivity contribution in [3.05, 3.63) is 71.5 Å². The molecule has 0 radical (unpaired) electrons. The lowest BCUT2D eigenvalue weighted by Gasteiger charge is -2.33. The van der Waals surface area contributed by atoms with Crippen LogP contribution in [0.2, 0.25) is 0 Å². The molecule has 33 heavy (non-hydrogen) atoms. The van der Waals surface area contributed by atoms with Gasteiger partial charge in [0.2, 0.25) is 0 Å². The molecule has 3 aromatic carbocycles. The normalized spacial score (nSPS) is 14.8. The van der Waals surface area contributed by atoms with Crippen LogP contribution in [-0.2, 0) is 6.54 Å². The molecule has 1 aliphatic heterocycles. The van der Waals surface area contributed by atoms with Crippen LogP contribution in [0.4, 0.5) is 0 Å². The van der Waals surface area contributed by atoms with Crippen molar-refractivity contribution in [3.63, 3.8) is 0 Å². The first kappa shape index (κ1) is 21.5. The van der Waals surface area contributed by atoms with Crippen LogP contribution in [0.15, 0.2) is 54.9 Å². The minimum Gasteiger partial charge on any atom is -0.493 e. The Hall–Kier alpha value is -3.34. The number of hydrogen-bond acceptors (Lipinski definition) is 3. The van der Waals surface area contributed by atoms with E-state index in [4.69, 9.17) is 4.74 Å². The smallest absolute Gasteiger partial charge is 0.258 e. The zero-order valence-electron chi connectivity index (χ0n) is 19.7. The number of carbonyl (C=O) groups is 1. The number of aromatic nitrogens is 2. The molecule has 0 spiro atoms. The lowest BCUT2D eigenvalue weighted by Crippen LogP contribution is -2.39. The molecule has 0 aliphatic carbocycles. The molecule has 1 fully saturated rings. The number of imidazole rings is 1. The number of likely N-dealkylation sites (tertiary alicyclic amines) is 1. The van der Waals surface area contributed by atoms with Gasteiger partial charge in [-0.1, -0.05) is 30.3 Å². The summed E-state index contributed by atoms with van der Waals surface area (Å²) in [6.07, 6.45) is 3.95. The molecule has 5 heteroatoms. The molecule has 1 aliphatic rings. The minimum absolute atomic E-state index is 0.0767. The average Bonchev–Trinajstić information content (AvgIpc) is 3.20. The molecule has 0 saturated carbocycles. The van der Waals surface area contributed by atoms with E-state index in [-0.39, 0.29) is 5.91 Å². The predicted molar refractivity (Wildman–Crippen MR) is 133 cm³/mol. The molecule has 0 atom stereocenters. The van der Waals surface area contributed by atoms with E-state index >= 15 is 0 Å². The zero-order chi connectivity index (χ0) is 22.9. The van der Waals surface area contributed by atoms with Crippen molar-refractivity contribution in [2.24, 2.45) is 5.92 Å². The number of piperidine rings is 1. The highest BCUT2D eigenvalue weighted by Crippen LogP contribution is 2.31. The Balaban J connectivity index is 1.32. The Kier molecular flexibility index (Phi) is 5.79. The first-order valence-corrected chi connectivity index (χ1v) is 11.9. The van der Waals surface area contributed by atoms with E-state index in [1.165, 1.54) is 16.6 Å². The Morgan fingerprint density at radius 2 is 1.82 bits per heavy atom. The summed E-state index contributed by atoms with van der Waals surface area (Å²) >= 11 is 0. The second kappa shape index (κ2) is 8.89. The van der Waals surface area contributed by atoms with Gasteiger partial charge >= 0.3 is 0 Å². The van der Waals surface area contributed by atoms with Crippen LogP contribution in [0.5, 0.6) is 5.75 Å². The maximum Gasteiger partial charge on any atom is 0.258 e. The van der Waals surface area contributed by atoms with Crippen molar-refractivity contribution >= 4 is 27.7 Å². The van der Waals surface area contributed by atoms with E-state index in [0.29, 0.717) is 23.8 Å². The van der Waals surface area contributed by atoms with Crippen molar-refractivity contribution in [3.8, 4) is 5.75 Å². The summed E-state index contributed by atoms with van der Waals surface area (Å²) in [4.78, 5) is 20.2. The molecule has 5 nitrogen and oxygen atoms in total. The lowest BCUT2D eigenvalue weighted by atomic mass is 9.95. The van der Waals surface area contributed by atoms with Crippen LogP contribution >= 0.6 is 0 Å². The molecule has 4 aromatic rings. The second-order valence-corrected chi connectivity index (χ2v) is 9.15. The molecule has 0 bridgehead atoms. The second-order valence-electron chi connectivity index (χ2n) is 9.15.